The lowest BCUT2D eigenvalue weighted by Crippen LogP contribution is -2.46. The van der Waals surface area contributed by atoms with Gasteiger partial charge in [0.1, 0.15) is 5.75 Å². The molecule has 1 N–H and O–H groups in total. The Morgan fingerprint density at radius 2 is 2.18 bits per heavy atom. The van der Waals surface area contributed by atoms with Gasteiger partial charge in [0.15, 0.2) is 11.6 Å². The highest BCUT2D eigenvalue weighted by molar-refractivity contribution is 6.12. The van der Waals surface area contributed by atoms with Crippen molar-refractivity contribution >= 4 is 5.78 Å². The van der Waals surface area contributed by atoms with Gasteiger partial charge in [0.05, 0.1) is 16.1 Å². The molecule has 0 aliphatic carbocycles. The van der Waals surface area contributed by atoms with Gasteiger partial charge in [-0.2, -0.15) is 0 Å². The van der Waals surface area contributed by atoms with Crippen molar-refractivity contribution in [2.75, 3.05) is 6.54 Å². The van der Waals surface area contributed by atoms with Crippen LogP contribution in [-0.4, -0.2) is 34.4 Å². The van der Waals surface area contributed by atoms with Crippen LogP contribution >= 0.6 is 0 Å². The van der Waals surface area contributed by atoms with E-state index in [-0.39, 0.29) is 17.5 Å². The van der Waals surface area contributed by atoms with Crippen LogP contribution in [0.1, 0.15) is 17.3 Å². The molecule has 1 aromatic carbocycles. The number of para-hydroxylation sites is 1. The van der Waals surface area contributed by atoms with E-state index in [1.54, 1.807) is 29.2 Å². The molecule has 22 heavy (non-hydrogen) atoms. The molecule has 3 heterocycles. The molecule has 0 spiro atoms. The number of hydrogen-bond donors (Lipinski definition) is 1. The maximum atomic E-state index is 12.6. The van der Waals surface area contributed by atoms with Crippen LogP contribution in [0.3, 0.4) is 0 Å². The van der Waals surface area contributed by atoms with E-state index >= 15 is 0 Å². The summed E-state index contributed by atoms with van der Waals surface area (Å²) in [4.78, 5) is 25.3. The number of benzene rings is 1. The molecule has 0 bridgehead atoms. The quantitative estimate of drug-likeness (QED) is 0.621. The van der Waals surface area contributed by atoms with E-state index in [1.165, 1.54) is 6.08 Å². The second-order valence-corrected chi connectivity index (χ2v) is 5.58. The van der Waals surface area contributed by atoms with E-state index in [0.29, 0.717) is 29.3 Å². The van der Waals surface area contributed by atoms with E-state index in [1.807, 2.05) is 6.92 Å². The fraction of sp³-hybridized carbons (Fsp3) is 0.267. The zero-order valence-corrected chi connectivity index (χ0v) is 11.8. The fourth-order valence-electron chi connectivity index (χ4n) is 3.11. The van der Waals surface area contributed by atoms with Crippen LogP contribution < -0.4 is 10.1 Å². The summed E-state index contributed by atoms with van der Waals surface area (Å²) in [5, 5.41) is 14.4. The molecule has 2 atom stereocenters. The van der Waals surface area contributed by atoms with Gasteiger partial charge in [-0.05, 0) is 19.1 Å². The predicted molar refractivity (Wildman–Crippen MR) is 76.6 cm³/mol. The summed E-state index contributed by atoms with van der Waals surface area (Å²) in [6, 6.07) is 7.01. The average Bonchev–Trinajstić information content (AvgIpc) is 2.88. The Morgan fingerprint density at radius 1 is 1.41 bits per heavy atom. The van der Waals surface area contributed by atoms with E-state index in [4.69, 9.17) is 4.74 Å². The standard InChI is InChI=1S/C15H13N3O4/c1-8-7-17-14(16-8)11(18(20)21)6-10-13(19)9-4-2-3-5-12(9)22-15(10)17/h2-6,8,15-16H,7H2,1H3. The van der Waals surface area contributed by atoms with Gasteiger partial charge >= 0.3 is 5.70 Å². The number of carbonyl (C=O) groups excluding carboxylic acids is 1. The number of allylic oxidation sites excluding steroid dienone is 1. The van der Waals surface area contributed by atoms with Gasteiger partial charge in [-0.1, -0.05) is 12.1 Å². The zero-order chi connectivity index (χ0) is 15.4. The highest BCUT2D eigenvalue weighted by atomic mass is 16.6. The SMILES string of the molecule is CC1CN2C(=C([N+](=O)[O-])C=C3C(=O)c4ccccc4OC32)N1. The molecule has 4 rings (SSSR count). The van der Waals surface area contributed by atoms with Crippen LogP contribution in [0, 0.1) is 10.1 Å². The van der Waals surface area contributed by atoms with Gasteiger partial charge in [-0.25, -0.2) is 0 Å². The number of carbonyl (C=O) groups is 1. The zero-order valence-electron chi connectivity index (χ0n) is 11.8. The summed E-state index contributed by atoms with van der Waals surface area (Å²) < 4.78 is 5.94. The van der Waals surface area contributed by atoms with Crippen LogP contribution in [0.5, 0.6) is 5.75 Å². The number of nitrogens with zero attached hydrogens (tertiary/aromatic N) is 2. The van der Waals surface area contributed by atoms with Crippen LogP contribution in [0.25, 0.3) is 0 Å². The molecule has 1 saturated heterocycles. The number of ether oxygens (including phenoxy) is 1. The Balaban J connectivity index is 1.88. The van der Waals surface area contributed by atoms with E-state index in [0.717, 1.165) is 0 Å². The van der Waals surface area contributed by atoms with E-state index < -0.39 is 11.2 Å². The number of hydrogen-bond acceptors (Lipinski definition) is 6. The molecule has 0 radical (unpaired) electrons. The lowest BCUT2D eigenvalue weighted by atomic mass is 9.95. The van der Waals surface area contributed by atoms with Gasteiger partial charge in [-0.3, -0.25) is 14.9 Å². The minimum atomic E-state index is -0.612. The molecule has 0 amide bonds. The van der Waals surface area contributed by atoms with Crippen molar-refractivity contribution in [1.29, 1.82) is 0 Å². The third-order valence-corrected chi connectivity index (χ3v) is 4.05. The summed E-state index contributed by atoms with van der Waals surface area (Å²) in [7, 11) is 0. The molecule has 3 aliphatic heterocycles. The fourth-order valence-corrected chi connectivity index (χ4v) is 3.11. The Hall–Kier alpha value is -2.83. The average molecular weight is 299 g/mol. The summed E-state index contributed by atoms with van der Waals surface area (Å²) >= 11 is 0. The normalized spacial score (nSPS) is 25.6. The molecular formula is C15H13N3O4. The van der Waals surface area contributed by atoms with Crippen molar-refractivity contribution in [2.45, 2.75) is 19.2 Å². The van der Waals surface area contributed by atoms with Crippen LogP contribution in [0.15, 0.2) is 47.4 Å². The molecule has 112 valence electrons. The molecule has 2 unspecified atom stereocenters. The minimum Gasteiger partial charge on any atom is -0.465 e. The predicted octanol–water partition coefficient (Wildman–Crippen LogP) is 1.27. The molecule has 7 nitrogen and oxygen atoms in total. The number of ketones is 1. The topological polar surface area (TPSA) is 84.7 Å². The first-order chi connectivity index (χ1) is 10.6. The van der Waals surface area contributed by atoms with Crippen molar-refractivity contribution in [3.8, 4) is 5.75 Å². The van der Waals surface area contributed by atoms with Gasteiger partial charge in [-0.15, -0.1) is 0 Å². The van der Waals surface area contributed by atoms with Crippen LogP contribution in [0.2, 0.25) is 0 Å². The summed E-state index contributed by atoms with van der Waals surface area (Å²) in [6.45, 7) is 2.48. The first-order valence-electron chi connectivity index (χ1n) is 7.00. The van der Waals surface area contributed by atoms with Crippen LogP contribution in [-0.2, 0) is 0 Å². The molecule has 1 aromatic rings. The molecule has 7 heteroatoms. The lowest BCUT2D eigenvalue weighted by molar-refractivity contribution is -0.422. The van der Waals surface area contributed by atoms with Gasteiger partial charge in [0.2, 0.25) is 6.23 Å². The number of fused-ring (bicyclic) bond motifs is 4. The van der Waals surface area contributed by atoms with Gasteiger partial charge in [0.25, 0.3) is 0 Å². The molecule has 3 aliphatic rings. The van der Waals surface area contributed by atoms with Gasteiger partial charge < -0.3 is 15.0 Å². The number of nitro groups is 1. The van der Waals surface area contributed by atoms with Gasteiger partial charge in [0, 0.05) is 18.7 Å². The third kappa shape index (κ3) is 1.65. The Morgan fingerprint density at radius 3 is 2.95 bits per heavy atom. The number of nitrogens with one attached hydrogen (secondary N) is 1. The molecule has 1 fully saturated rings. The Labute approximate surface area is 126 Å². The minimum absolute atomic E-state index is 0.0496. The first kappa shape index (κ1) is 12.9. The highest BCUT2D eigenvalue weighted by Crippen LogP contribution is 2.38. The summed E-state index contributed by atoms with van der Waals surface area (Å²) in [5.41, 5.74) is 0.660. The smallest absolute Gasteiger partial charge is 0.309 e. The maximum absolute atomic E-state index is 12.6. The van der Waals surface area contributed by atoms with Crippen molar-refractivity contribution in [3.63, 3.8) is 0 Å². The maximum Gasteiger partial charge on any atom is 0.309 e. The van der Waals surface area contributed by atoms with Crippen molar-refractivity contribution in [3.05, 3.63) is 63.1 Å². The van der Waals surface area contributed by atoms with Crippen molar-refractivity contribution in [1.82, 2.24) is 10.2 Å². The number of rotatable bonds is 1. The monoisotopic (exact) mass is 299 g/mol. The summed E-state index contributed by atoms with van der Waals surface area (Å²) in [5.74, 6) is 0.710. The second kappa shape index (κ2) is 4.33. The van der Waals surface area contributed by atoms with E-state index in [2.05, 4.69) is 5.32 Å². The Kier molecular flexibility index (Phi) is 2.53. The first-order valence-corrected chi connectivity index (χ1v) is 7.00. The van der Waals surface area contributed by atoms with Crippen molar-refractivity contribution < 1.29 is 14.5 Å². The molecular weight excluding hydrogens is 286 g/mol. The number of Topliss-reactive ketones (excluding diaryl/α,β-unsaturated/α-hetero) is 1. The Bertz CT molecular complexity index is 768. The summed E-state index contributed by atoms with van der Waals surface area (Å²) in [6.07, 6.45) is 0.721. The molecule has 0 aromatic heterocycles. The largest absolute Gasteiger partial charge is 0.465 e. The third-order valence-electron chi connectivity index (χ3n) is 4.05. The lowest BCUT2D eigenvalue weighted by Gasteiger charge is -2.36. The van der Waals surface area contributed by atoms with Crippen molar-refractivity contribution in [2.24, 2.45) is 0 Å². The van der Waals surface area contributed by atoms with E-state index in [9.17, 15) is 14.9 Å². The highest BCUT2D eigenvalue weighted by Gasteiger charge is 2.46. The van der Waals surface area contributed by atoms with Crippen LogP contribution in [0.4, 0.5) is 0 Å². The second-order valence-electron chi connectivity index (χ2n) is 5.58. The molecule has 0 saturated carbocycles.